The van der Waals surface area contributed by atoms with Gasteiger partial charge in [-0.3, -0.25) is 4.79 Å². The van der Waals surface area contributed by atoms with Gasteiger partial charge in [-0.2, -0.15) is 0 Å². The monoisotopic (exact) mass is 414 g/mol. The van der Waals surface area contributed by atoms with E-state index in [4.69, 9.17) is 4.74 Å². The zero-order valence-corrected chi connectivity index (χ0v) is 17.2. The van der Waals surface area contributed by atoms with Crippen LogP contribution in [0.3, 0.4) is 0 Å². The van der Waals surface area contributed by atoms with Crippen molar-refractivity contribution in [3.8, 4) is 0 Å². The molecule has 3 rings (SSSR count). The molecule has 0 aliphatic rings. The highest BCUT2D eigenvalue weighted by atomic mass is 32.1. The molecular weight excluding hydrogens is 392 g/mol. The number of esters is 1. The fourth-order valence-electron chi connectivity index (χ4n) is 2.81. The van der Waals surface area contributed by atoms with Gasteiger partial charge >= 0.3 is 5.97 Å². The highest BCUT2D eigenvalue weighted by molar-refractivity contribution is 7.16. The third kappa shape index (κ3) is 5.23. The lowest BCUT2D eigenvalue weighted by atomic mass is 10.1. The second-order valence-corrected chi connectivity index (χ2v) is 7.95. The summed E-state index contributed by atoms with van der Waals surface area (Å²) in [5, 5.41) is 14.3. The molecule has 0 fully saturated rings. The maximum absolute atomic E-state index is 13.0. The SMILES string of the molecule is COC(=O)c1nc(NC(=O)C(Cc2ccccc2)n2cnnn2)sc1CC(C)C. The van der Waals surface area contributed by atoms with Crippen molar-refractivity contribution in [2.45, 2.75) is 32.7 Å². The largest absolute Gasteiger partial charge is 0.464 e. The molecule has 29 heavy (non-hydrogen) atoms. The molecule has 3 aromatic rings. The third-order valence-electron chi connectivity index (χ3n) is 4.16. The molecular formula is C19H22N6O3S. The van der Waals surface area contributed by atoms with Crippen molar-refractivity contribution >= 4 is 28.3 Å². The van der Waals surface area contributed by atoms with Gasteiger partial charge in [0.25, 0.3) is 5.91 Å². The molecule has 1 N–H and O–H groups in total. The van der Waals surface area contributed by atoms with Crippen molar-refractivity contribution in [3.63, 3.8) is 0 Å². The van der Waals surface area contributed by atoms with Crippen LogP contribution in [-0.2, 0) is 22.4 Å². The van der Waals surface area contributed by atoms with E-state index in [0.717, 1.165) is 10.4 Å². The van der Waals surface area contributed by atoms with Crippen LogP contribution >= 0.6 is 11.3 Å². The normalized spacial score (nSPS) is 12.0. The molecule has 0 bridgehead atoms. The van der Waals surface area contributed by atoms with Gasteiger partial charge in [0.2, 0.25) is 0 Å². The van der Waals surface area contributed by atoms with Crippen LogP contribution in [0.2, 0.25) is 0 Å². The Hall–Kier alpha value is -3.14. The molecule has 1 atom stereocenters. The number of rotatable bonds is 8. The maximum atomic E-state index is 13.0. The summed E-state index contributed by atoms with van der Waals surface area (Å²) < 4.78 is 6.23. The Labute approximate surface area is 172 Å². The van der Waals surface area contributed by atoms with Crippen molar-refractivity contribution in [1.82, 2.24) is 25.2 Å². The van der Waals surface area contributed by atoms with E-state index < -0.39 is 12.0 Å². The molecule has 0 radical (unpaired) electrons. The summed E-state index contributed by atoms with van der Waals surface area (Å²) in [7, 11) is 1.31. The predicted molar refractivity (Wildman–Crippen MR) is 108 cm³/mol. The standard InChI is InChI=1S/C19H22N6O3S/c1-12(2)9-15-16(18(27)28-3)21-19(29-15)22-17(26)14(25-11-20-23-24-25)10-13-7-5-4-6-8-13/h4-8,11-12,14H,9-10H2,1-3H3,(H,21,22,26). The first kappa shape index (κ1) is 20.6. The Balaban J connectivity index is 1.84. The lowest BCUT2D eigenvalue weighted by Gasteiger charge is -2.15. The fraction of sp³-hybridized carbons (Fsp3) is 0.368. The van der Waals surface area contributed by atoms with Crippen molar-refractivity contribution in [2.24, 2.45) is 5.92 Å². The van der Waals surface area contributed by atoms with E-state index >= 15 is 0 Å². The van der Waals surface area contributed by atoms with Gasteiger partial charge in [-0.05, 0) is 28.3 Å². The molecule has 10 heteroatoms. The van der Waals surface area contributed by atoms with Crippen LogP contribution in [0, 0.1) is 5.92 Å². The van der Waals surface area contributed by atoms with Gasteiger partial charge in [0.15, 0.2) is 10.8 Å². The molecule has 9 nitrogen and oxygen atoms in total. The molecule has 152 valence electrons. The molecule has 2 aromatic heterocycles. The maximum Gasteiger partial charge on any atom is 0.357 e. The van der Waals surface area contributed by atoms with Gasteiger partial charge in [-0.15, -0.1) is 16.4 Å². The summed E-state index contributed by atoms with van der Waals surface area (Å²) in [5.74, 6) is -0.504. The topological polar surface area (TPSA) is 112 Å². The Kier molecular flexibility index (Phi) is 6.65. The van der Waals surface area contributed by atoms with E-state index in [9.17, 15) is 9.59 Å². The summed E-state index contributed by atoms with van der Waals surface area (Å²) in [6.07, 6.45) is 2.48. The van der Waals surface area contributed by atoms with Gasteiger partial charge < -0.3 is 10.1 Å². The van der Waals surface area contributed by atoms with Crippen molar-refractivity contribution in [1.29, 1.82) is 0 Å². The van der Waals surface area contributed by atoms with Crippen LogP contribution in [0.25, 0.3) is 0 Å². The van der Waals surface area contributed by atoms with E-state index in [2.05, 4.69) is 25.8 Å². The number of nitrogens with zero attached hydrogens (tertiary/aromatic N) is 5. The van der Waals surface area contributed by atoms with E-state index in [-0.39, 0.29) is 11.6 Å². The van der Waals surface area contributed by atoms with Crippen molar-refractivity contribution in [2.75, 3.05) is 12.4 Å². The zero-order valence-electron chi connectivity index (χ0n) is 16.4. The number of tetrazole rings is 1. The van der Waals surface area contributed by atoms with Crippen LogP contribution in [0.5, 0.6) is 0 Å². The molecule has 0 aliphatic carbocycles. The third-order valence-corrected chi connectivity index (χ3v) is 5.15. The summed E-state index contributed by atoms with van der Waals surface area (Å²) in [6, 6.07) is 8.94. The molecule has 1 unspecified atom stereocenters. The number of aromatic nitrogens is 5. The van der Waals surface area contributed by atoms with E-state index in [0.29, 0.717) is 23.9 Å². The van der Waals surface area contributed by atoms with Gasteiger partial charge in [0.1, 0.15) is 12.4 Å². The number of ether oxygens (including phenoxy) is 1. The van der Waals surface area contributed by atoms with E-state index in [1.165, 1.54) is 29.5 Å². The molecule has 0 saturated heterocycles. The van der Waals surface area contributed by atoms with Crippen molar-refractivity contribution in [3.05, 3.63) is 52.8 Å². The Morgan fingerprint density at radius 1 is 1.21 bits per heavy atom. The Morgan fingerprint density at radius 3 is 2.59 bits per heavy atom. The molecule has 0 saturated carbocycles. The summed E-state index contributed by atoms with van der Waals surface area (Å²) in [4.78, 5) is 30.2. The van der Waals surface area contributed by atoms with Crippen molar-refractivity contribution < 1.29 is 14.3 Å². The highest BCUT2D eigenvalue weighted by Crippen LogP contribution is 2.27. The first-order valence-electron chi connectivity index (χ1n) is 9.13. The van der Waals surface area contributed by atoms with Gasteiger partial charge in [0.05, 0.1) is 7.11 Å². The van der Waals surface area contributed by atoms with Crippen LogP contribution in [0.4, 0.5) is 5.13 Å². The van der Waals surface area contributed by atoms with Crippen LogP contribution in [0.1, 0.15) is 40.8 Å². The van der Waals surface area contributed by atoms with Gasteiger partial charge in [-0.1, -0.05) is 44.2 Å². The highest BCUT2D eigenvalue weighted by Gasteiger charge is 2.25. The first-order chi connectivity index (χ1) is 14.0. The number of hydrogen-bond acceptors (Lipinski definition) is 8. The van der Waals surface area contributed by atoms with E-state index in [1.807, 2.05) is 44.2 Å². The quantitative estimate of drug-likeness (QED) is 0.564. The predicted octanol–water partition coefficient (Wildman–Crippen LogP) is 2.54. The number of carbonyl (C=O) groups is 2. The van der Waals surface area contributed by atoms with Crippen LogP contribution < -0.4 is 5.32 Å². The number of anilines is 1. The lowest BCUT2D eigenvalue weighted by Crippen LogP contribution is -2.28. The number of amides is 1. The van der Waals surface area contributed by atoms with Gasteiger partial charge in [-0.25, -0.2) is 14.5 Å². The Morgan fingerprint density at radius 2 is 1.97 bits per heavy atom. The second kappa shape index (κ2) is 9.37. The molecule has 0 aliphatic heterocycles. The average Bonchev–Trinajstić information content (AvgIpc) is 3.36. The minimum atomic E-state index is -0.661. The minimum Gasteiger partial charge on any atom is -0.464 e. The molecule has 1 aromatic carbocycles. The minimum absolute atomic E-state index is 0.239. The second-order valence-electron chi connectivity index (χ2n) is 6.86. The molecule has 0 spiro atoms. The summed E-state index contributed by atoms with van der Waals surface area (Å²) in [5.41, 5.74) is 1.21. The lowest BCUT2D eigenvalue weighted by molar-refractivity contribution is -0.119. The number of carbonyl (C=O) groups excluding carboxylic acids is 2. The Bertz CT molecular complexity index is 956. The molecule has 2 heterocycles. The van der Waals surface area contributed by atoms with Gasteiger partial charge in [0, 0.05) is 11.3 Å². The number of nitrogens with one attached hydrogen (secondary N) is 1. The zero-order chi connectivity index (χ0) is 20.8. The summed E-state index contributed by atoms with van der Waals surface area (Å²) in [6.45, 7) is 4.10. The smallest absolute Gasteiger partial charge is 0.357 e. The number of methoxy groups -OCH3 is 1. The van der Waals surface area contributed by atoms with E-state index in [1.54, 1.807) is 0 Å². The first-order valence-corrected chi connectivity index (χ1v) is 9.94. The van der Waals surface area contributed by atoms with Crippen LogP contribution in [0.15, 0.2) is 36.7 Å². The molecule has 1 amide bonds. The summed E-state index contributed by atoms with van der Waals surface area (Å²) >= 11 is 1.28. The number of thiazole rings is 1. The number of hydrogen-bond donors (Lipinski definition) is 1. The van der Waals surface area contributed by atoms with Crippen LogP contribution in [-0.4, -0.2) is 44.2 Å². The number of benzene rings is 1. The fourth-order valence-corrected chi connectivity index (χ4v) is 3.98. The average molecular weight is 414 g/mol.